The van der Waals surface area contributed by atoms with Crippen LogP contribution in [0.3, 0.4) is 0 Å². The highest BCUT2D eigenvalue weighted by Crippen LogP contribution is 2.33. The fourth-order valence-electron chi connectivity index (χ4n) is 2.28. The predicted octanol–water partition coefficient (Wildman–Crippen LogP) is 2.28. The van der Waals surface area contributed by atoms with Crippen LogP contribution in [0, 0.1) is 0 Å². The number of aryl methyl sites for hydroxylation is 2. The summed E-state index contributed by atoms with van der Waals surface area (Å²) in [7, 11) is 1.70. The molecule has 1 N–H and O–H groups in total. The molecule has 15 heavy (non-hydrogen) atoms. The lowest BCUT2D eigenvalue weighted by atomic mass is 9.96. The molecule has 0 heterocycles. The van der Waals surface area contributed by atoms with E-state index in [1.165, 1.54) is 30.4 Å². The Bertz CT molecular complexity index is 358. The van der Waals surface area contributed by atoms with Gasteiger partial charge in [-0.25, -0.2) is 0 Å². The number of benzene rings is 1. The van der Waals surface area contributed by atoms with Crippen LogP contribution in [0.4, 0.5) is 0 Å². The summed E-state index contributed by atoms with van der Waals surface area (Å²) in [5.41, 5.74) is 3.99. The first-order valence-corrected chi connectivity index (χ1v) is 5.56. The highest BCUT2D eigenvalue weighted by Gasteiger charge is 2.17. The topological polar surface area (TPSA) is 29.5 Å². The summed E-state index contributed by atoms with van der Waals surface area (Å²) in [5.74, 6) is 1.09. The van der Waals surface area contributed by atoms with E-state index in [9.17, 15) is 5.11 Å². The van der Waals surface area contributed by atoms with Gasteiger partial charge in [0.25, 0.3) is 0 Å². The lowest BCUT2D eigenvalue weighted by Gasteiger charge is -2.15. The van der Waals surface area contributed by atoms with E-state index in [0.29, 0.717) is 0 Å². The van der Waals surface area contributed by atoms with Crippen LogP contribution in [0.25, 0.3) is 0 Å². The molecule has 1 unspecified atom stereocenters. The van der Waals surface area contributed by atoms with E-state index < -0.39 is 0 Å². The largest absolute Gasteiger partial charge is 0.496 e. The maximum absolute atomic E-state index is 9.20. The first kappa shape index (κ1) is 10.5. The van der Waals surface area contributed by atoms with Crippen LogP contribution in [0.15, 0.2) is 12.1 Å². The van der Waals surface area contributed by atoms with E-state index in [1.807, 2.05) is 6.92 Å². The Balaban J connectivity index is 2.44. The summed E-state index contributed by atoms with van der Waals surface area (Å²) >= 11 is 0. The van der Waals surface area contributed by atoms with Gasteiger partial charge in [0.2, 0.25) is 0 Å². The number of aliphatic hydroxyl groups is 1. The fraction of sp³-hybridized carbons (Fsp3) is 0.538. The van der Waals surface area contributed by atoms with E-state index in [1.54, 1.807) is 7.11 Å². The SMILES string of the molecule is COc1cc2c(cc1C(C)CO)CCC2. The van der Waals surface area contributed by atoms with Crippen molar-refractivity contribution in [2.75, 3.05) is 13.7 Å². The lowest BCUT2D eigenvalue weighted by molar-refractivity contribution is 0.269. The Morgan fingerprint density at radius 2 is 2.00 bits per heavy atom. The van der Waals surface area contributed by atoms with Gasteiger partial charge < -0.3 is 9.84 Å². The van der Waals surface area contributed by atoms with Crippen molar-refractivity contribution in [2.45, 2.75) is 32.1 Å². The fourth-order valence-corrected chi connectivity index (χ4v) is 2.28. The van der Waals surface area contributed by atoms with Crippen molar-refractivity contribution in [3.05, 3.63) is 28.8 Å². The first-order chi connectivity index (χ1) is 7.26. The monoisotopic (exact) mass is 206 g/mol. The minimum atomic E-state index is 0.158. The van der Waals surface area contributed by atoms with E-state index in [0.717, 1.165) is 11.3 Å². The summed E-state index contributed by atoms with van der Waals surface area (Å²) in [6, 6.07) is 4.35. The van der Waals surface area contributed by atoms with E-state index in [4.69, 9.17) is 4.74 Å². The number of fused-ring (bicyclic) bond motifs is 1. The third kappa shape index (κ3) is 1.86. The standard InChI is InChI=1S/C13H18O2/c1-9(8-14)12-6-10-4-3-5-11(10)7-13(12)15-2/h6-7,9,14H,3-5,8H2,1-2H3. The highest BCUT2D eigenvalue weighted by atomic mass is 16.5. The molecule has 0 saturated carbocycles. The van der Waals surface area contributed by atoms with Crippen molar-refractivity contribution in [1.82, 2.24) is 0 Å². The van der Waals surface area contributed by atoms with Crippen LogP contribution < -0.4 is 4.74 Å². The van der Waals surface area contributed by atoms with Crippen LogP contribution >= 0.6 is 0 Å². The minimum Gasteiger partial charge on any atom is -0.496 e. The molecule has 0 aromatic heterocycles. The maximum atomic E-state index is 9.20. The van der Waals surface area contributed by atoms with Gasteiger partial charge in [0.15, 0.2) is 0 Å². The van der Waals surface area contributed by atoms with Crippen molar-refractivity contribution >= 4 is 0 Å². The molecule has 0 fully saturated rings. The summed E-state index contributed by atoms with van der Waals surface area (Å²) in [6.45, 7) is 2.20. The molecule has 0 saturated heterocycles. The Morgan fingerprint density at radius 3 is 2.60 bits per heavy atom. The minimum absolute atomic E-state index is 0.158. The van der Waals surface area contributed by atoms with E-state index >= 15 is 0 Å². The highest BCUT2D eigenvalue weighted by molar-refractivity contribution is 5.46. The number of aliphatic hydroxyl groups excluding tert-OH is 1. The first-order valence-electron chi connectivity index (χ1n) is 5.56. The Kier molecular flexibility index (Phi) is 2.96. The lowest BCUT2D eigenvalue weighted by Crippen LogP contribution is -2.03. The average Bonchev–Trinajstić information content (AvgIpc) is 2.73. The third-order valence-corrected chi connectivity index (χ3v) is 3.25. The Morgan fingerprint density at radius 1 is 1.33 bits per heavy atom. The van der Waals surface area contributed by atoms with Crippen molar-refractivity contribution in [3.63, 3.8) is 0 Å². The van der Waals surface area contributed by atoms with Crippen molar-refractivity contribution in [2.24, 2.45) is 0 Å². The molecule has 1 aliphatic rings. The average molecular weight is 206 g/mol. The third-order valence-electron chi connectivity index (χ3n) is 3.25. The molecule has 0 aliphatic heterocycles. The molecule has 0 bridgehead atoms. The molecule has 2 nitrogen and oxygen atoms in total. The normalized spacial score (nSPS) is 16.2. The smallest absolute Gasteiger partial charge is 0.122 e. The summed E-state index contributed by atoms with van der Waals surface area (Å²) in [5, 5.41) is 9.20. The van der Waals surface area contributed by atoms with Crippen LogP contribution in [0.2, 0.25) is 0 Å². The zero-order valence-electron chi connectivity index (χ0n) is 9.42. The molecule has 2 heteroatoms. The van der Waals surface area contributed by atoms with Gasteiger partial charge in [0.05, 0.1) is 7.11 Å². The number of hydrogen-bond acceptors (Lipinski definition) is 2. The summed E-state index contributed by atoms with van der Waals surface area (Å²) < 4.78 is 5.38. The zero-order chi connectivity index (χ0) is 10.8. The van der Waals surface area contributed by atoms with Crippen LogP contribution in [0.5, 0.6) is 5.75 Å². The van der Waals surface area contributed by atoms with Gasteiger partial charge >= 0.3 is 0 Å². The van der Waals surface area contributed by atoms with E-state index in [2.05, 4.69) is 12.1 Å². The van der Waals surface area contributed by atoms with Crippen LogP contribution in [0.1, 0.15) is 36.0 Å². The van der Waals surface area contributed by atoms with Gasteiger partial charge in [-0.2, -0.15) is 0 Å². The Labute approximate surface area is 90.9 Å². The summed E-state index contributed by atoms with van der Waals surface area (Å²) in [6.07, 6.45) is 3.58. The van der Waals surface area contributed by atoms with E-state index in [-0.39, 0.29) is 12.5 Å². The number of hydrogen-bond donors (Lipinski definition) is 1. The second-order valence-electron chi connectivity index (χ2n) is 4.30. The molecule has 82 valence electrons. The molecule has 1 aliphatic carbocycles. The van der Waals surface area contributed by atoms with Gasteiger partial charge in [-0.05, 0) is 42.0 Å². The van der Waals surface area contributed by atoms with Crippen molar-refractivity contribution < 1.29 is 9.84 Å². The second kappa shape index (κ2) is 4.23. The number of rotatable bonds is 3. The van der Waals surface area contributed by atoms with Gasteiger partial charge in [0, 0.05) is 12.5 Å². The maximum Gasteiger partial charge on any atom is 0.122 e. The van der Waals surface area contributed by atoms with Crippen molar-refractivity contribution in [3.8, 4) is 5.75 Å². The van der Waals surface area contributed by atoms with Gasteiger partial charge in [-0.1, -0.05) is 13.0 Å². The quantitative estimate of drug-likeness (QED) is 0.822. The molecule has 1 aromatic rings. The molecular weight excluding hydrogens is 188 g/mol. The summed E-state index contributed by atoms with van der Waals surface area (Å²) in [4.78, 5) is 0. The molecule has 1 aromatic carbocycles. The predicted molar refractivity (Wildman–Crippen MR) is 60.5 cm³/mol. The van der Waals surface area contributed by atoms with Crippen molar-refractivity contribution in [1.29, 1.82) is 0 Å². The zero-order valence-corrected chi connectivity index (χ0v) is 9.42. The number of methoxy groups -OCH3 is 1. The molecule has 1 atom stereocenters. The van der Waals surface area contributed by atoms with Crippen LogP contribution in [-0.2, 0) is 12.8 Å². The van der Waals surface area contributed by atoms with Gasteiger partial charge in [-0.15, -0.1) is 0 Å². The molecule has 2 rings (SSSR count). The number of ether oxygens (including phenoxy) is 1. The second-order valence-corrected chi connectivity index (χ2v) is 4.30. The molecular formula is C13H18O2. The molecule has 0 amide bonds. The van der Waals surface area contributed by atoms with Gasteiger partial charge in [0.1, 0.15) is 5.75 Å². The van der Waals surface area contributed by atoms with Gasteiger partial charge in [-0.3, -0.25) is 0 Å². The Hall–Kier alpha value is -1.02. The molecule has 0 radical (unpaired) electrons. The van der Waals surface area contributed by atoms with Crippen LogP contribution in [-0.4, -0.2) is 18.8 Å². The molecule has 0 spiro atoms.